The largest absolute Gasteiger partial charge is 0.492 e. The molecule has 0 fully saturated rings. The molecule has 7 heteroatoms. The first-order valence-corrected chi connectivity index (χ1v) is 10.4. The molecule has 166 valence electrons. The van der Waals surface area contributed by atoms with Crippen molar-refractivity contribution in [1.82, 2.24) is 0 Å². The summed E-state index contributed by atoms with van der Waals surface area (Å²) in [5.74, 6) is -1.31. The van der Waals surface area contributed by atoms with E-state index in [1.807, 2.05) is 6.92 Å². The molecule has 0 radical (unpaired) electrons. The summed E-state index contributed by atoms with van der Waals surface area (Å²) in [7, 11) is 0. The number of esters is 1. The van der Waals surface area contributed by atoms with E-state index in [2.05, 4.69) is 5.32 Å². The molecule has 0 aliphatic heterocycles. The number of benzene rings is 3. The standard InChI is InChI=1S/C26H21NO6/c1-2-31-22-15-9-7-13-19(22)27-25(29)24(17-10-4-3-5-11-17)33-26(30)23-16-20(28)18-12-6-8-14-21(18)32-23/h3-16,24H,2H2,1H3,(H,27,29). The zero-order chi connectivity index (χ0) is 23.2. The van der Waals surface area contributed by atoms with Gasteiger partial charge in [-0.3, -0.25) is 9.59 Å². The van der Waals surface area contributed by atoms with E-state index in [0.717, 1.165) is 6.07 Å². The van der Waals surface area contributed by atoms with E-state index in [1.165, 1.54) is 0 Å². The number of hydrogen-bond donors (Lipinski definition) is 1. The molecule has 4 aromatic rings. The molecular formula is C26H21NO6. The maximum atomic E-state index is 13.2. The van der Waals surface area contributed by atoms with Gasteiger partial charge >= 0.3 is 5.97 Å². The van der Waals surface area contributed by atoms with Crippen LogP contribution in [0.4, 0.5) is 5.69 Å². The van der Waals surface area contributed by atoms with E-state index in [9.17, 15) is 14.4 Å². The van der Waals surface area contributed by atoms with Gasteiger partial charge in [-0.1, -0.05) is 54.6 Å². The number of hydrogen-bond acceptors (Lipinski definition) is 6. The Balaban J connectivity index is 1.64. The number of rotatable bonds is 7. The first-order valence-electron chi connectivity index (χ1n) is 10.4. The molecule has 3 aromatic carbocycles. The van der Waals surface area contributed by atoms with Gasteiger partial charge in [-0.15, -0.1) is 0 Å². The SMILES string of the molecule is CCOc1ccccc1NC(=O)C(OC(=O)c1cc(=O)c2ccccc2o1)c1ccccc1. The van der Waals surface area contributed by atoms with Crippen molar-refractivity contribution in [3.63, 3.8) is 0 Å². The van der Waals surface area contributed by atoms with Gasteiger partial charge in [-0.05, 0) is 31.2 Å². The van der Waals surface area contributed by atoms with Crippen LogP contribution in [0.2, 0.25) is 0 Å². The summed E-state index contributed by atoms with van der Waals surface area (Å²) in [4.78, 5) is 38.4. The van der Waals surface area contributed by atoms with E-state index in [-0.39, 0.29) is 16.8 Å². The Hall–Kier alpha value is -4.39. The second-order valence-corrected chi connectivity index (χ2v) is 7.09. The number of anilines is 1. The Labute approximate surface area is 189 Å². The highest BCUT2D eigenvalue weighted by Gasteiger charge is 2.28. The summed E-state index contributed by atoms with van der Waals surface area (Å²) in [5, 5.41) is 3.10. The number of fused-ring (bicyclic) bond motifs is 1. The summed E-state index contributed by atoms with van der Waals surface area (Å²) >= 11 is 0. The highest BCUT2D eigenvalue weighted by molar-refractivity contribution is 5.98. The van der Waals surface area contributed by atoms with E-state index >= 15 is 0 Å². The van der Waals surface area contributed by atoms with Gasteiger partial charge in [0, 0.05) is 11.6 Å². The van der Waals surface area contributed by atoms with Crippen molar-refractivity contribution in [2.45, 2.75) is 13.0 Å². The summed E-state index contributed by atoms with van der Waals surface area (Å²) in [6, 6.07) is 23.2. The lowest BCUT2D eigenvalue weighted by Crippen LogP contribution is -2.26. The van der Waals surface area contributed by atoms with Gasteiger partial charge in [0.05, 0.1) is 17.7 Å². The van der Waals surface area contributed by atoms with Crippen LogP contribution in [-0.2, 0) is 9.53 Å². The fraction of sp³-hybridized carbons (Fsp3) is 0.115. The molecule has 0 aliphatic carbocycles. The first-order chi connectivity index (χ1) is 16.1. The number of carbonyl (C=O) groups excluding carboxylic acids is 2. The van der Waals surface area contributed by atoms with Gasteiger partial charge in [0.15, 0.2) is 5.43 Å². The van der Waals surface area contributed by atoms with E-state index in [1.54, 1.807) is 78.9 Å². The Morgan fingerprint density at radius 2 is 1.64 bits per heavy atom. The fourth-order valence-corrected chi connectivity index (χ4v) is 3.32. The predicted molar refractivity (Wildman–Crippen MR) is 123 cm³/mol. The van der Waals surface area contributed by atoms with Crippen molar-refractivity contribution in [3.8, 4) is 5.75 Å². The number of amides is 1. The summed E-state index contributed by atoms with van der Waals surface area (Å²) < 4.78 is 16.7. The molecule has 7 nitrogen and oxygen atoms in total. The van der Waals surface area contributed by atoms with Crippen LogP contribution in [0.1, 0.15) is 29.1 Å². The van der Waals surface area contributed by atoms with E-state index < -0.39 is 18.0 Å². The minimum atomic E-state index is -1.29. The second kappa shape index (κ2) is 9.82. The van der Waals surface area contributed by atoms with Gasteiger partial charge in [0.2, 0.25) is 11.9 Å². The predicted octanol–water partition coefficient (Wildman–Crippen LogP) is 4.73. The molecule has 1 atom stereocenters. The molecule has 1 N–H and O–H groups in total. The minimum Gasteiger partial charge on any atom is -0.492 e. The molecule has 1 heterocycles. The van der Waals surface area contributed by atoms with Gasteiger partial charge < -0.3 is 19.2 Å². The monoisotopic (exact) mass is 443 g/mol. The topological polar surface area (TPSA) is 94.8 Å². The van der Waals surface area contributed by atoms with E-state index in [0.29, 0.717) is 29.0 Å². The lowest BCUT2D eigenvalue weighted by Gasteiger charge is -2.19. The second-order valence-electron chi connectivity index (χ2n) is 7.09. The summed E-state index contributed by atoms with van der Waals surface area (Å²) in [6.07, 6.45) is -1.29. The van der Waals surface area contributed by atoms with Crippen LogP contribution in [0.3, 0.4) is 0 Å². The molecule has 0 bridgehead atoms. The van der Waals surface area contributed by atoms with Crippen LogP contribution < -0.4 is 15.5 Å². The van der Waals surface area contributed by atoms with Crippen LogP contribution in [0.25, 0.3) is 11.0 Å². The maximum absolute atomic E-state index is 13.2. The van der Waals surface area contributed by atoms with Crippen LogP contribution in [0.5, 0.6) is 5.75 Å². The lowest BCUT2D eigenvalue weighted by atomic mass is 10.1. The fourth-order valence-electron chi connectivity index (χ4n) is 3.32. The van der Waals surface area contributed by atoms with Crippen LogP contribution >= 0.6 is 0 Å². The molecule has 0 spiro atoms. The number of para-hydroxylation sites is 3. The van der Waals surface area contributed by atoms with Crippen molar-refractivity contribution >= 4 is 28.5 Å². The zero-order valence-electron chi connectivity index (χ0n) is 17.8. The third-order valence-corrected chi connectivity index (χ3v) is 4.85. The van der Waals surface area contributed by atoms with Crippen molar-refractivity contribution < 1.29 is 23.5 Å². The van der Waals surface area contributed by atoms with Crippen molar-refractivity contribution in [1.29, 1.82) is 0 Å². The van der Waals surface area contributed by atoms with Crippen molar-refractivity contribution in [3.05, 3.63) is 106 Å². The molecule has 1 aromatic heterocycles. The highest BCUT2D eigenvalue weighted by atomic mass is 16.6. The Bertz CT molecular complexity index is 1350. The maximum Gasteiger partial charge on any atom is 0.375 e. The average molecular weight is 443 g/mol. The van der Waals surface area contributed by atoms with Crippen LogP contribution in [0, 0.1) is 0 Å². The van der Waals surface area contributed by atoms with Crippen LogP contribution in [0.15, 0.2) is 94.1 Å². The molecule has 0 saturated heterocycles. The van der Waals surface area contributed by atoms with Gasteiger partial charge in [-0.25, -0.2) is 4.79 Å². The quantitative estimate of drug-likeness (QED) is 0.415. The minimum absolute atomic E-state index is 0.253. The average Bonchev–Trinajstić information content (AvgIpc) is 2.84. The highest BCUT2D eigenvalue weighted by Crippen LogP contribution is 2.27. The van der Waals surface area contributed by atoms with E-state index in [4.69, 9.17) is 13.9 Å². The zero-order valence-corrected chi connectivity index (χ0v) is 17.8. The molecule has 1 amide bonds. The van der Waals surface area contributed by atoms with Gasteiger partial charge in [0.25, 0.3) is 5.91 Å². The third-order valence-electron chi connectivity index (χ3n) is 4.85. The molecule has 0 aliphatic rings. The summed E-state index contributed by atoms with van der Waals surface area (Å²) in [5.41, 5.74) is 0.775. The lowest BCUT2D eigenvalue weighted by molar-refractivity contribution is -0.125. The Kier molecular flexibility index (Phi) is 6.50. The van der Waals surface area contributed by atoms with Gasteiger partial charge in [-0.2, -0.15) is 0 Å². The summed E-state index contributed by atoms with van der Waals surface area (Å²) in [6.45, 7) is 2.26. The van der Waals surface area contributed by atoms with Crippen molar-refractivity contribution in [2.24, 2.45) is 0 Å². The Morgan fingerprint density at radius 3 is 2.42 bits per heavy atom. The smallest absolute Gasteiger partial charge is 0.375 e. The normalized spacial score (nSPS) is 11.5. The molecule has 4 rings (SSSR count). The first kappa shape index (κ1) is 21.8. The Morgan fingerprint density at radius 1 is 0.939 bits per heavy atom. The third kappa shape index (κ3) is 4.93. The molecule has 1 unspecified atom stereocenters. The number of nitrogens with one attached hydrogen (secondary N) is 1. The number of ether oxygens (including phenoxy) is 2. The van der Waals surface area contributed by atoms with Gasteiger partial charge in [0.1, 0.15) is 11.3 Å². The molecule has 0 saturated carbocycles. The van der Waals surface area contributed by atoms with Crippen LogP contribution in [-0.4, -0.2) is 18.5 Å². The molecule has 33 heavy (non-hydrogen) atoms. The molecular weight excluding hydrogens is 422 g/mol. The van der Waals surface area contributed by atoms with Crippen molar-refractivity contribution in [2.75, 3.05) is 11.9 Å². The number of carbonyl (C=O) groups is 2.